The Hall–Kier alpha value is -1.95. The average Bonchev–Trinajstić information content (AvgIpc) is 3.08. The highest BCUT2D eigenvalue weighted by Gasteiger charge is 2.29. The summed E-state index contributed by atoms with van der Waals surface area (Å²) >= 11 is 7.16. The van der Waals surface area contributed by atoms with Gasteiger partial charge in [0.05, 0.1) is 17.8 Å². The van der Waals surface area contributed by atoms with Crippen LogP contribution in [0.1, 0.15) is 17.5 Å². The third-order valence-electron chi connectivity index (χ3n) is 3.77. The van der Waals surface area contributed by atoms with E-state index in [9.17, 15) is 9.50 Å². The molecule has 0 aliphatic rings. The summed E-state index contributed by atoms with van der Waals surface area (Å²) in [6, 6.07) is 11.7. The third-order valence-corrected chi connectivity index (χ3v) is 5.11. The summed E-state index contributed by atoms with van der Waals surface area (Å²) in [5.41, 5.74) is 0.756. The molecule has 3 nitrogen and oxygen atoms in total. The molecule has 0 aliphatic heterocycles. The summed E-state index contributed by atoms with van der Waals surface area (Å²) in [5, 5.41) is 13.3. The van der Waals surface area contributed by atoms with Crippen LogP contribution in [0.2, 0.25) is 5.02 Å². The van der Waals surface area contributed by atoms with Crippen LogP contribution in [0.25, 0.3) is 11.3 Å². The van der Waals surface area contributed by atoms with Gasteiger partial charge in [-0.3, -0.25) is 0 Å². The van der Waals surface area contributed by atoms with Gasteiger partial charge in [0.15, 0.2) is 0 Å². The first-order valence-corrected chi connectivity index (χ1v) is 8.46. The second-order valence-corrected chi connectivity index (χ2v) is 6.74. The standard InChI is InChI=1S/C18H15ClFNO2S/c1-18(22,12-4-3-5-13(9-12)23-2)17-21-16(10-24-17)11-6-7-15(20)14(19)8-11/h3-10,22H,1-2H3. The van der Waals surface area contributed by atoms with Crippen LogP contribution in [0.5, 0.6) is 5.75 Å². The van der Waals surface area contributed by atoms with E-state index in [1.165, 1.54) is 23.5 Å². The van der Waals surface area contributed by atoms with Crippen LogP contribution >= 0.6 is 22.9 Å². The largest absolute Gasteiger partial charge is 0.497 e. The molecule has 1 N–H and O–H groups in total. The number of aliphatic hydroxyl groups is 1. The molecule has 1 unspecified atom stereocenters. The zero-order valence-corrected chi connectivity index (χ0v) is 14.7. The van der Waals surface area contributed by atoms with Gasteiger partial charge >= 0.3 is 0 Å². The van der Waals surface area contributed by atoms with Crippen molar-refractivity contribution in [1.29, 1.82) is 0 Å². The van der Waals surface area contributed by atoms with Crippen molar-refractivity contribution in [1.82, 2.24) is 4.98 Å². The highest BCUT2D eigenvalue weighted by Crippen LogP contribution is 2.35. The Balaban J connectivity index is 1.97. The van der Waals surface area contributed by atoms with E-state index in [0.717, 1.165) is 0 Å². The van der Waals surface area contributed by atoms with Gasteiger partial charge in [-0.05, 0) is 42.8 Å². The molecule has 0 saturated carbocycles. The second-order valence-electron chi connectivity index (χ2n) is 5.47. The maximum atomic E-state index is 13.3. The van der Waals surface area contributed by atoms with Gasteiger partial charge < -0.3 is 9.84 Å². The quantitative estimate of drug-likeness (QED) is 0.719. The van der Waals surface area contributed by atoms with Gasteiger partial charge in [-0.2, -0.15) is 0 Å². The number of ether oxygens (including phenoxy) is 1. The van der Waals surface area contributed by atoms with Crippen molar-refractivity contribution in [2.45, 2.75) is 12.5 Å². The summed E-state index contributed by atoms with van der Waals surface area (Å²) in [5.74, 6) is 0.189. The minimum absolute atomic E-state index is 0.0432. The lowest BCUT2D eigenvalue weighted by molar-refractivity contribution is 0.102. The van der Waals surface area contributed by atoms with Crippen molar-refractivity contribution in [2.75, 3.05) is 7.11 Å². The van der Waals surface area contributed by atoms with Crippen LogP contribution in [0, 0.1) is 5.82 Å². The first-order chi connectivity index (χ1) is 11.4. The number of thiazole rings is 1. The fourth-order valence-corrected chi connectivity index (χ4v) is 3.43. The van der Waals surface area contributed by atoms with E-state index >= 15 is 0 Å². The zero-order valence-electron chi connectivity index (χ0n) is 13.1. The molecule has 0 bridgehead atoms. The Morgan fingerprint density at radius 2 is 2.04 bits per heavy atom. The van der Waals surface area contributed by atoms with Gasteiger partial charge in [0.25, 0.3) is 0 Å². The zero-order chi connectivity index (χ0) is 17.3. The van der Waals surface area contributed by atoms with Crippen LogP contribution < -0.4 is 4.74 Å². The van der Waals surface area contributed by atoms with Gasteiger partial charge in [-0.15, -0.1) is 11.3 Å². The van der Waals surface area contributed by atoms with Gasteiger partial charge in [0.1, 0.15) is 22.2 Å². The van der Waals surface area contributed by atoms with Crippen LogP contribution in [-0.2, 0) is 5.60 Å². The second kappa shape index (κ2) is 6.51. The van der Waals surface area contributed by atoms with E-state index in [2.05, 4.69) is 4.98 Å². The van der Waals surface area contributed by atoms with Crippen molar-refractivity contribution < 1.29 is 14.2 Å². The summed E-state index contributed by atoms with van der Waals surface area (Å²) in [6.45, 7) is 1.68. The van der Waals surface area contributed by atoms with Crippen molar-refractivity contribution >= 4 is 22.9 Å². The first-order valence-electron chi connectivity index (χ1n) is 7.20. The minimum Gasteiger partial charge on any atom is -0.497 e. The normalized spacial score (nSPS) is 13.5. The van der Waals surface area contributed by atoms with E-state index in [1.54, 1.807) is 26.2 Å². The summed E-state index contributed by atoms with van der Waals surface area (Å²) < 4.78 is 18.5. The molecule has 1 aromatic heterocycles. The number of hydrogen-bond donors (Lipinski definition) is 1. The van der Waals surface area contributed by atoms with Crippen molar-refractivity contribution in [3.05, 3.63) is 69.3 Å². The molecule has 1 heterocycles. The topological polar surface area (TPSA) is 42.4 Å². The molecular weight excluding hydrogens is 349 g/mol. The Labute approximate surface area is 148 Å². The number of hydrogen-bond acceptors (Lipinski definition) is 4. The molecule has 0 amide bonds. The fourth-order valence-electron chi connectivity index (χ4n) is 2.33. The molecular formula is C18H15ClFNO2S. The molecule has 1 atom stereocenters. The highest BCUT2D eigenvalue weighted by molar-refractivity contribution is 7.10. The molecule has 24 heavy (non-hydrogen) atoms. The maximum absolute atomic E-state index is 13.3. The van der Waals surface area contributed by atoms with E-state index < -0.39 is 11.4 Å². The average molecular weight is 364 g/mol. The number of rotatable bonds is 4. The van der Waals surface area contributed by atoms with E-state index in [4.69, 9.17) is 16.3 Å². The lowest BCUT2D eigenvalue weighted by Gasteiger charge is -2.21. The predicted molar refractivity (Wildman–Crippen MR) is 94.2 cm³/mol. The van der Waals surface area contributed by atoms with E-state index in [0.29, 0.717) is 27.6 Å². The van der Waals surface area contributed by atoms with Crippen molar-refractivity contribution in [3.63, 3.8) is 0 Å². The van der Waals surface area contributed by atoms with Crippen molar-refractivity contribution in [2.24, 2.45) is 0 Å². The first kappa shape index (κ1) is 16.9. The van der Waals surface area contributed by atoms with Crippen LogP contribution in [0.15, 0.2) is 47.8 Å². The lowest BCUT2D eigenvalue weighted by Crippen LogP contribution is -2.22. The molecule has 3 aromatic rings. The molecule has 124 valence electrons. The molecule has 2 aromatic carbocycles. The van der Waals surface area contributed by atoms with E-state index in [-0.39, 0.29) is 5.02 Å². The number of halogens is 2. The molecule has 0 radical (unpaired) electrons. The molecule has 0 fully saturated rings. The number of benzene rings is 2. The van der Waals surface area contributed by atoms with Gasteiger partial charge in [-0.25, -0.2) is 9.37 Å². The summed E-state index contributed by atoms with van der Waals surface area (Å²) in [7, 11) is 1.58. The van der Waals surface area contributed by atoms with Gasteiger partial charge in [0.2, 0.25) is 0 Å². The number of nitrogens with zero attached hydrogens (tertiary/aromatic N) is 1. The Bertz CT molecular complexity index is 879. The Morgan fingerprint density at radius 3 is 2.75 bits per heavy atom. The lowest BCUT2D eigenvalue weighted by atomic mass is 9.96. The van der Waals surface area contributed by atoms with Gasteiger partial charge in [-0.1, -0.05) is 23.7 Å². The monoisotopic (exact) mass is 363 g/mol. The smallest absolute Gasteiger partial charge is 0.141 e. The maximum Gasteiger partial charge on any atom is 0.141 e. The fraction of sp³-hybridized carbons (Fsp3) is 0.167. The summed E-state index contributed by atoms with van der Waals surface area (Å²) in [6.07, 6.45) is 0. The summed E-state index contributed by atoms with van der Waals surface area (Å²) in [4.78, 5) is 4.50. The number of methoxy groups -OCH3 is 1. The van der Waals surface area contributed by atoms with Crippen LogP contribution in [0.4, 0.5) is 4.39 Å². The highest BCUT2D eigenvalue weighted by atomic mass is 35.5. The Morgan fingerprint density at radius 1 is 1.25 bits per heavy atom. The minimum atomic E-state index is -1.26. The van der Waals surface area contributed by atoms with E-state index in [1.807, 2.05) is 23.6 Å². The Kier molecular flexibility index (Phi) is 4.58. The van der Waals surface area contributed by atoms with Crippen molar-refractivity contribution in [3.8, 4) is 17.0 Å². The van der Waals surface area contributed by atoms with Crippen LogP contribution in [0.3, 0.4) is 0 Å². The SMILES string of the molecule is COc1cccc(C(C)(O)c2nc(-c3ccc(F)c(Cl)c3)cs2)c1. The molecule has 0 saturated heterocycles. The molecule has 6 heteroatoms. The molecule has 0 aliphatic carbocycles. The predicted octanol–water partition coefficient (Wildman–Crippen LogP) is 4.87. The third kappa shape index (κ3) is 3.15. The molecule has 0 spiro atoms. The molecule has 3 rings (SSSR count). The number of aromatic nitrogens is 1. The van der Waals surface area contributed by atoms with Crippen LogP contribution in [-0.4, -0.2) is 17.2 Å². The van der Waals surface area contributed by atoms with Gasteiger partial charge in [0, 0.05) is 10.9 Å².